The van der Waals surface area contributed by atoms with E-state index in [4.69, 9.17) is 4.74 Å². The molecule has 1 atom stereocenters. The number of amides is 1. The van der Waals surface area contributed by atoms with Crippen molar-refractivity contribution < 1.29 is 19.4 Å². The number of ether oxygens (including phenoxy) is 1. The Morgan fingerprint density at radius 2 is 1.86 bits per heavy atom. The van der Waals surface area contributed by atoms with Gasteiger partial charge in [0, 0.05) is 12.2 Å². The van der Waals surface area contributed by atoms with E-state index in [-0.39, 0.29) is 24.8 Å². The predicted molar refractivity (Wildman–Crippen MR) is 151 cm³/mol. The number of aliphatic carboxylic acids is 1. The van der Waals surface area contributed by atoms with E-state index < -0.39 is 12.0 Å². The summed E-state index contributed by atoms with van der Waals surface area (Å²) in [6, 6.07) is 12.8. The van der Waals surface area contributed by atoms with E-state index in [2.05, 4.69) is 5.32 Å². The Morgan fingerprint density at radius 3 is 2.56 bits per heavy atom. The molecule has 0 aromatic heterocycles. The zero-order valence-corrected chi connectivity index (χ0v) is 21.9. The fourth-order valence-electron chi connectivity index (χ4n) is 4.85. The molecule has 2 N–H and O–H groups in total. The molecule has 0 aliphatic heterocycles. The van der Waals surface area contributed by atoms with Crippen molar-refractivity contribution in [2.75, 3.05) is 18.6 Å². The first-order chi connectivity index (χ1) is 17.0. The molecule has 1 aliphatic rings. The number of benzene rings is 2. The number of carboxylic acids is 1. The van der Waals surface area contributed by atoms with Crippen LogP contribution in [0.5, 0.6) is 0 Å². The summed E-state index contributed by atoms with van der Waals surface area (Å²) in [5.41, 5.74) is 4.32. The topological polar surface area (TPSA) is 75.6 Å². The minimum absolute atomic E-state index is 0. The van der Waals surface area contributed by atoms with Crippen molar-refractivity contribution in [2.24, 2.45) is 5.92 Å². The third-order valence-corrected chi connectivity index (χ3v) is 7.52. The molecule has 1 amide bonds. The third kappa shape index (κ3) is 9.30. The SMILES string of the molecule is CSCCC(NC(=O)c1ccc(COCCCC2CCCCC2)cc1-c1ccccc1C)C(=O)O.[LiH]. The van der Waals surface area contributed by atoms with Crippen molar-refractivity contribution in [1.29, 1.82) is 0 Å². The Kier molecular flexibility index (Phi) is 13.7. The standard InChI is InChI=1S/C29H39NO4S.Li.H/c1-21-9-6-7-13-24(21)26-19-23(20-34-17-8-12-22-10-4-3-5-11-22)14-15-25(26)28(31)30-27(29(32)33)16-18-35-2;;/h6-7,9,13-15,19,22,27H,3-5,8,10-12,16-18,20H2,1-2H3,(H,30,31)(H,32,33);;. The molecule has 0 spiro atoms. The molecule has 5 nitrogen and oxygen atoms in total. The van der Waals surface area contributed by atoms with Crippen molar-refractivity contribution in [1.82, 2.24) is 5.32 Å². The quantitative estimate of drug-likeness (QED) is 0.265. The Morgan fingerprint density at radius 1 is 1.11 bits per heavy atom. The Bertz CT molecular complexity index is 977. The van der Waals surface area contributed by atoms with Gasteiger partial charge in [0.05, 0.1) is 6.61 Å². The zero-order valence-electron chi connectivity index (χ0n) is 21.1. The van der Waals surface area contributed by atoms with Crippen LogP contribution in [0.4, 0.5) is 0 Å². The van der Waals surface area contributed by atoms with Gasteiger partial charge in [-0.3, -0.25) is 4.79 Å². The van der Waals surface area contributed by atoms with Gasteiger partial charge in [-0.1, -0.05) is 62.4 Å². The van der Waals surface area contributed by atoms with Crippen LogP contribution in [-0.2, 0) is 16.1 Å². The number of hydrogen-bond acceptors (Lipinski definition) is 4. The maximum atomic E-state index is 13.2. The number of carbonyl (C=O) groups is 2. The molecule has 2 aromatic carbocycles. The van der Waals surface area contributed by atoms with Crippen molar-refractivity contribution in [2.45, 2.75) is 70.9 Å². The van der Waals surface area contributed by atoms with Gasteiger partial charge in [0.15, 0.2) is 0 Å². The molecule has 192 valence electrons. The summed E-state index contributed by atoms with van der Waals surface area (Å²) < 4.78 is 5.99. The van der Waals surface area contributed by atoms with Crippen LogP contribution in [0.3, 0.4) is 0 Å². The number of thioether (sulfide) groups is 1. The second-order valence-electron chi connectivity index (χ2n) is 9.54. The van der Waals surface area contributed by atoms with Crippen LogP contribution in [0.15, 0.2) is 42.5 Å². The van der Waals surface area contributed by atoms with Gasteiger partial charge in [-0.2, -0.15) is 11.8 Å². The fourth-order valence-corrected chi connectivity index (χ4v) is 5.32. The van der Waals surface area contributed by atoms with E-state index in [1.54, 1.807) is 17.8 Å². The van der Waals surface area contributed by atoms with Crippen LogP contribution in [0.1, 0.15) is 72.9 Å². The second kappa shape index (κ2) is 16.2. The monoisotopic (exact) mass is 505 g/mol. The number of carbonyl (C=O) groups excluding carboxylic acids is 1. The molecule has 3 rings (SSSR count). The zero-order chi connectivity index (χ0) is 25.0. The van der Waals surface area contributed by atoms with Gasteiger partial charge in [-0.15, -0.1) is 0 Å². The molecule has 0 radical (unpaired) electrons. The van der Waals surface area contributed by atoms with E-state index in [9.17, 15) is 14.7 Å². The Balaban J connectivity index is 0.00000456. The molecule has 1 fully saturated rings. The first-order valence-electron chi connectivity index (χ1n) is 12.8. The van der Waals surface area contributed by atoms with Crippen molar-refractivity contribution in [3.63, 3.8) is 0 Å². The van der Waals surface area contributed by atoms with Crippen LogP contribution in [0.25, 0.3) is 11.1 Å². The van der Waals surface area contributed by atoms with Crippen LogP contribution < -0.4 is 5.32 Å². The van der Waals surface area contributed by atoms with Crippen LogP contribution in [-0.4, -0.2) is 60.5 Å². The summed E-state index contributed by atoms with van der Waals surface area (Å²) >= 11 is 1.56. The van der Waals surface area contributed by atoms with E-state index in [0.717, 1.165) is 41.2 Å². The molecular formula is C29H40LiNO4S. The predicted octanol–water partition coefficient (Wildman–Crippen LogP) is 5.83. The Hall–Kier alpha value is -1.71. The van der Waals surface area contributed by atoms with Gasteiger partial charge in [0.25, 0.3) is 5.91 Å². The number of hydrogen-bond donors (Lipinski definition) is 2. The van der Waals surface area contributed by atoms with Crippen molar-refractivity contribution in [3.8, 4) is 11.1 Å². The van der Waals surface area contributed by atoms with Gasteiger partial charge in [-0.05, 0) is 78.5 Å². The van der Waals surface area contributed by atoms with E-state index in [1.807, 2.05) is 49.6 Å². The van der Waals surface area contributed by atoms with Gasteiger partial charge in [-0.25, -0.2) is 4.79 Å². The molecule has 1 aliphatic carbocycles. The van der Waals surface area contributed by atoms with Crippen LogP contribution in [0, 0.1) is 12.8 Å². The fraction of sp³-hybridized carbons (Fsp3) is 0.517. The normalized spacial score (nSPS) is 14.6. The molecule has 0 saturated heterocycles. The molecular weight excluding hydrogens is 465 g/mol. The molecule has 7 heteroatoms. The minimum atomic E-state index is -1.01. The van der Waals surface area contributed by atoms with E-state index in [0.29, 0.717) is 24.3 Å². The average Bonchev–Trinajstić information content (AvgIpc) is 2.87. The number of aryl methyl sites for hydroxylation is 1. The van der Waals surface area contributed by atoms with Gasteiger partial charge in [0.1, 0.15) is 6.04 Å². The molecule has 0 heterocycles. The molecule has 36 heavy (non-hydrogen) atoms. The molecule has 1 unspecified atom stereocenters. The van der Waals surface area contributed by atoms with Gasteiger partial charge < -0.3 is 15.2 Å². The first-order valence-corrected chi connectivity index (χ1v) is 14.2. The first kappa shape index (κ1) is 30.5. The summed E-state index contributed by atoms with van der Waals surface area (Å²) in [6.45, 7) is 3.26. The summed E-state index contributed by atoms with van der Waals surface area (Å²) in [5.74, 6) is 0.155. The summed E-state index contributed by atoms with van der Waals surface area (Å²) in [4.78, 5) is 24.8. The molecule has 0 bridgehead atoms. The van der Waals surface area contributed by atoms with Gasteiger partial charge in [0.2, 0.25) is 0 Å². The average molecular weight is 506 g/mol. The van der Waals surface area contributed by atoms with Crippen molar-refractivity contribution >= 4 is 42.5 Å². The number of carboxylic acid groups (broad SMARTS) is 1. The third-order valence-electron chi connectivity index (χ3n) is 6.87. The molecule has 1 saturated carbocycles. The summed E-state index contributed by atoms with van der Waals surface area (Å²) in [6.07, 6.45) is 11.5. The number of rotatable bonds is 13. The van der Waals surface area contributed by atoms with E-state index >= 15 is 0 Å². The van der Waals surface area contributed by atoms with Gasteiger partial charge >= 0.3 is 24.8 Å². The second-order valence-corrected chi connectivity index (χ2v) is 10.5. The maximum absolute atomic E-state index is 13.2. The van der Waals surface area contributed by atoms with Crippen molar-refractivity contribution in [3.05, 3.63) is 59.2 Å². The summed E-state index contributed by atoms with van der Waals surface area (Å²) in [5, 5.41) is 12.3. The number of nitrogens with one attached hydrogen (secondary N) is 1. The Labute approximate surface area is 232 Å². The van der Waals surface area contributed by atoms with E-state index in [1.165, 1.54) is 38.5 Å². The van der Waals surface area contributed by atoms with Crippen LogP contribution in [0.2, 0.25) is 0 Å². The van der Waals surface area contributed by atoms with Crippen LogP contribution >= 0.6 is 11.8 Å². The summed E-state index contributed by atoms with van der Waals surface area (Å²) in [7, 11) is 0. The molecule has 2 aromatic rings.